The van der Waals surface area contributed by atoms with Crippen LogP contribution in [-0.4, -0.2) is 23.5 Å². The van der Waals surface area contributed by atoms with E-state index in [1.165, 1.54) is 6.07 Å². The highest BCUT2D eigenvalue weighted by Gasteiger charge is 2.11. The Morgan fingerprint density at radius 1 is 1.33 bits per heavy atom. The van der Waals surface area contributed by atoms with Crippen LogP contribution in [0.3, 0.4) is 0 Å². The molecule has 6 nitrogen and oxygen atoms in total. The van der Waals surface area contributed by atoms with Crippen LogP contribution in [0.2, 0.25) is 5.02 Å². The smallest absolute Gasteiger partial charge is 0.251 e. The molecule has 0 saturated heterocycles. The normalized spacial score (nSPS) is 10.2. The number of benzene rings is 1. The third-order valence-electron chi connectivity index (χ3n) is 2.43. The summed E-state index contributed by atoms with van der Waals surface area (Å²) in [6, 6.07) is 6.37. The van der Waals surface area contributed by atoms with E-state index >= 15 is 0 Å². The molecule has 0 aliphatic rings. The van der Waals surface area contributed by atoms with Gasteiger partial charge < -0.3 is 15.2 Å². The summed E-state index contributed by atoms with van der Waals surface area (Å²) in [5.74, 6) is 0.0813. The largest absolute Gasteiger partial charge is 0.360 e. The summed E-state index contributed by atoms with van der Waals surface area (Å²) in [4.78, 5) is 23.6. The average molecular weight is 373 g/mol. The third-order valence-corrected chi connectivity index (χ3v) is 3.11. The van der Waals surface area contributed by atoms with Gasteiger partial charge in [-0.2, -0.15) is 0 Å². The predicted molar refractivity (Wildman–Crippen MR) is 81.4 cm³/mol. The van der Waals surface area contributed by atoms with Crippen molar-refractivity contribution in [1.82, 2.24) is 10.5 Å². The number of hydrogen-bond acceptors (Lipinski definition) is 4. The molecule has 8 heteroatoms. The zero-order valence-corrected chi connectivity index (χ0v) is 13.3. The molecule has 0 bridgehead atoms. The van der Waals surface area contributed by atoms with Gasteiger partial charge in [-0.05, 0) is 25.1 Å². The Hall–Kier alpha value is -1.86. The van der Waals surface area contributed by atoms with Gasteiger partial charge in [-0.15, -0.1) is 0 Å². The fraction of sp³-hybridized carbons (Fsp3) is 0.154. The number of amides is 2. The molecular weight excluding hydrogens is 362 g/mol. The molecular formula is C13H11BrClN3O3. The Kier molecular flexibility index (Phi) is 4.98. The molecule has 2 amide bonds. The summed E-state index contributed by atoms with van der Waals surface area (Å²) in [5.41, 5.74) is 0.361. The van der Waals surface area contributed by atoms with Crippen molar-refractivity contribution in [2.24, 2.45) is 0 Å². The summed E-state index contributed by atoms with van der Waals surface area (Å²) in [7, 11) is 0. The first-order chi connectivity index (χ1) is 9.94. The van der Waals surface area contributed by atoms with Gasteiger partial charge >= 0.3 is 0 Å². The summed E-state index contributed by atoms with van der Waals surface area (Å²) >= 11 is 9.10. The van der Waals surface area contributed by atoms with Crippen LogP contribution >= 0.6 is 27.5 Å². The van der Waals surface area contributed by atoms with Crippen molar-refractivity contribution in [3.05, 3.63) is 45.1 Å². The molecule has 1 heterocycles. The maximum Gasteiger partial charge on any atom is 0.251 e. The Morgan fingerprint density at radius 2 is 2.10 bits per heavy atom. The lowest BCUT2D eigenvalue weighted by atomic mass is 10.2. The Balaban J connectivity index is 1.90. The van der Waals surface area contributed by atoms with Crippen molar-refractivity contribution < 1.29 is 14.1 Å². The Bertz CT molecular complexity index is 667. The van der Waals surface area contributed by atoms with Gasteiger partial charge in [-0.25, -0.2) is 0 Å². The molecule has 0 aliphatic heterocycles. The molecule has 0 radical (unpaired) electrons. The van der Waals surface area contributed by atoms with Crippen molar-refractivity contribution in [3.63, 3.8) is 0 Å². The SMILES string of the molecule is Cc1cc(NC(=O)CNC(=O)c2cc(Cl)cc(Br)c2)no1. The maximum absolute atomic E-state index is 11.9. The fourth-order valence-electron chi connectivity index (χ4n) is 1.56. The molecule has 2 N–H and O–H groups in total. The molecule has 2 rings (SSSR count). The van der Waals surface area contributed by atoms with E-state index in [-0.39, 0.29) is 6.54 Å². The number of aryl methyl sites for hydroxylation is 1. The van der Waals surface area contributed by atoms with Gasteiger partial charge in [0, 0.05) is 21.1 Å². The van der Waals surface area contributed by atoms with E-state index in [4.69, 9.17) is 16.1 Å². The van der Waals surface area contributed by atoms with Crippen LogP contribution in [0.5, 0.6) is 0 Å². The number of hydrogen-bond donors (Lipinski definition) is 2. The monoisotopic (exact) mass is 371 g/mol. The first kappa shape index (κ1) is 15.5. The number of anilines is 1. The minimum Gasteiger partial charge on any atom is -0.360 e. The van der Waals surface area contributed by atoms with Crippen LogP contribution in [-0.2, 0) is 4.79 Å². The van der Waals surface area contributed by atoms with Crippen molar-refractivity contribution >= 4 is 45.2 Å². The third kappa shape index (κ3) is 4.57. The number of aromatic nitrogens is 1. The molecule has 0 atom stereocenters. The van der Waals surface area contributed by atoms with Crippen LogP contribution in [0, 0.1) is 6.92 Å². The molecule has 110 valence electrons. The van der Waals surface area contributed by atoms with Crippen molar-refractivity contribution in [2.45, 2.75) is 6.92 Å². The Morgan fingerprint density at radius 3 is 2.71 bits per heavy atom. The van der Waals surface area contributed by atoms with Crippen LogP contribution in [0.4, 0.5) is 5.82 Å². The molecule has 1 aromatic heterocycles. The van der Waals surface area contributed by atoms with Crippen LogP contribution < -0.4 is 10.6 Å². The number of nitrogens with zero attached hydrogens (tertiary/aromatic N) is 1. The van der Waals surface area contributed by atoms with Crippen molar-refractivity contribution in [2.75, 3.05) is 11.9 Å². The van der Waals surface area contributed by atoms with E-state index < -0.39 is 11.8 Å². The lowest BCUT2D eigenvalue weighted by Crippen LogP contribution is -2.32. The average Bonchev–Trinajstić information content (AvgIpc) is 2.80. The second-order valence-electron chi connectivity index (χ2n) is 4.21. The lowest BCUT2D eigenvalue weighted by molar-refractivity contribution is -0.115. The lowest BCUT2D eigenvalue weighted by Gasteiger charge is -2.06. The van der Waals surface area contributed by atoms with E-state index in [2.05, 4.69) is 31.7 Å². The summed E-state index contributed by atoms with van der Waals surface area (Å²) in [6.07, 6.45) is 0. The second kappa shape index (κ2) is 6.73. The molecule has 0 saturated carbocycles. The number of carbonyl (C=O) groups is 2. The molecule has 0 aliphatic carbocycles. The zero-order valence-electron chi connectivity index (χ0n) is 10.9. The van der Waals surface area contributed by atoms with Crippen molar-refractivity contribution in [3.8, 4) is 0 Å². The summed E-state index contributed by atoms with van der Waals surface area (Å²) < 4.78 is 5.50. The van der Waals surface area contributed by atoms with E-state index in [0.717, 1.165) is 0 Å². The first-order valence-electron chi connectivity index (χ1n) is 5.91. The van der Waals surface area contributed by atoms with E-state index in [9.17, 15) is 9.59 Å². The maximum atomic E-state index is 11.9. The molecule has 0 spiro atoms. The van der Waals surface area contributed by atoms with Crippen LogP contribution in [0.1, 0.15) is 16.1 Å². The van der Waals surface area contributed by atoms with Gasteiger partial charge in [0.25, 0.3) is 5.91 Å². The van der Waals surface area contributed by atoms with E-state index in [0.29, 0.717) is 26.6 Å². The predicted octanol–water partition coefficient (Wildman–Crippen LogP) is 2.77. The highest BCUT2D eigenvalue weighted by atomic mass is 79.9. The minimum atomic E-state index is -0.405. The molecule has 21 heavy (non-hydrogen) atoms. The standard InChI is InChI=1S/C13H11BrClN3O3/c1-7-2-11(18-21-7)17-12(19)6-16-13(20)8-3-9(14)5-10(15)4-8/h2-5H,6H2,1H3,(H,16,20)(H,17,18,19). The van der Waals surface area contributed by atoms with E-state index in [1.807, 2.05) is 0 Å². The number of carbonyl (C=O) groups excluding carboxylic acids is 2. The van der Waals surface area contributed by atoms with Gasteiger partial charge in [-0.3, -0.25) is 9.59 Å². The van der Waals surface area contributed by atoms with Gasteiger partial charge in [0.15, 0.2) is 5.82 Å². The topological polar surface area (TPSA) is 84.2 Å². The number of halogens is 2. The van der Waals surface area contributed by atoms with Gasteiger partial charge in [0.2, 0.25) is 5.91 Å². The van der Waals surface area contributed by atoms with Gasteiger partial charge in [0.1, 0.15) is 5.76 Å². The van der Waals surface area contributed by atoms with E-state index in [1.54, 1.807) is 25.1 Å². The highest BCUT2D eigenvalue weighted by molar-refractivity contribution is 9.10. The zero-order chi connectivity index (χ0) is 15.4. The number of nitrogens with one attached hydrogen (secondary N) is 2. The minimum absolute atomic E-state index is 0.186. The molecule has 0 unspecified atom stereocenters. The fourth-order valence-corrected chi connectivity index (χ4v) is 2.42. The summed E-state index contributed by atoms with van der Waals surface area (Å²) in [5, 5.41) is 9.04. The summed E-state index contributed by atoms with van der Waals surface area (Å²) in [6.45, 7) is 1.52. The molecule has 1 aromatic carbocycles. The molecule has 2 aromatic rings. The van der Waals surface area contributed by atoms with Gasteiger partial charge in [0.05, 0.1) is 6.54 Å². The van der Waals surface area contributed by atoms with Gasteiger partial charge in [-0.1, -0.05) is 32.7 Å². The van der Waals surface area contributed by atoms with Crippen molar-refractivity contribution in [1.29, 1.82) is 0 Å². The first-order valence-corrected chi connectivity index (χ1v) is 7.08. The number of rotatable bonds is 4. The highest BCUT2D eigenvalue weighted by Crippen LogP contribution is 2.19. The molecule has 0 fully saturated rings. The van der Waals surface area contributed by atoms with Crippen LogP contribution in [0.25, 0.3) is 0 Å². The quantitative estimate of drug-likeness (QED) is 0.864. The van der Waals surface area contributed by atoms with Crippen LogP contribution in [0.15, 0.2) is 33.3 Å². The Labute approximate surface area is 134 Å². The second-order valence-corrected chi connectivity index (χ2v) is 5.56.